The van der Waals surface area contributed by atoms with E-state index in [9.17, 15) is 14.4 Å². The van der Waals surface area contributed by atoms with Crippen molar-refractivity contribution in [3.8, 4) is 11.5 Å². The van der Waals surface area contributed by atoms with Crippen LogP contribution >= 0.6 is 11.6 Å². The molecule has 4 amide bonds. The number of ether oxygens (including phenoxy) is 2. The number of nitrogens with zero attached hydrogens (tertiary/aromatic N) is 1. The first kappa shape index (κ1) is 21.4. The Labute approximate surface area is 179 Å². The highest BCUT2D eigenvalue weighted by atomic mass is 35.5. The highest BCUT2D eigenvalue weighted by Crippen LogP contribution is 2.31. The van der Waals surface area contributed by atoms with Gasteiger partial charge >= 0.3 is 6.03 Å². The zero-order valence-electron chi connectivity index (χ0n) is 16.8. The van der Waals surface area contributed by atoms with Crippen molar-refractivity contribution in [2.75, 3.05) is 18.6 Å². The molecule has 1 heterocycles. The normalized spacial score (nSPS) is 15.4. The third-order valence-corrected chi connectivity index (χ3v) is 4.97. The summed E-state index contributed by atoms with van der Waals surface area (Å²) >= 11 is 6.14. The number of rotatable bonds is 6. The van der Waals surface area contributed by atoms with Gasteiger partial charge in [0.1, 0.15) is 17.1 Å². The number of hydrogen-bond donors (Lipinski definition) is 1. The van der Waals surface area contributed by atoms with E-state index < -0.39 is 17.8 Å². The number of amides is 4. The van der Waals surface area contributed by atoms with Crippen molar-refractivity contribution in [2.45, 2.75) is 20.3 Å². The lowest BCUT2D eigenvalue weighted by atomic mass is 10.0. The minimum Gasteiger partial charge on any atom is -0.497 e. The molecule has 0 unspecified atom stereocenters. The van der Waals surface area contributed by atoms with Crippen molar-refractivity contribution in [3.63, 3.8) is 0 Å². The predicted molar refractivity (Wildman–Crippen MR) is 114 cm³/mol. The summed E-state index contributed by atoms with van der Waals surface area (Å²) in [4.78, 5) is 38.9. The van der Waals surface area contributed by atoms with Gasteiger partial charge < -0.3 is 9.47 Å². The molecule has 1 N–H and O–H groups in total. The van der Waals surface area contributed by atoms with Crippen LogP contribution in [0.15, 0.2) is 42.0 Å². The van der Waals surface area contributed by atoms with E-state index in [-0.39, 0.29) is 5.57 Å². The maximum absolute atomic E-state index is 13.1. The Morgan fingerprint density at radius 2 is 1.93 bits per heavy atom. The minimum absolute atomic E-state index is 0.194. The van der Waals surface area contributed by atoms with Crippen LogP contribution in [0.3, 0.4) is 0 Å². The summed E-state index contributed by atoms with van der Waals surface area (Å²) in [5, 5.41) is 2.61. The Morgan fingerprint density at radius 3 is 2.63 bits per heavy atom. The molecule has 0 aromatic heterocycles. The lowest BCUT2D eigenvalue weighted by Gasteiger charge is -2.27. The Kier molecular flexibility index (Phi) is 6.42. The smallest absolute Gasteiger partial charge is 0.335 e. The third kappa shape index (κ3) is 4.16. The zero-order chi connectivity index (χ0) is 21.8. The van der Waals surface area contributed by atoms with Gasteiger partial charge in [0.15, 0.2) is 0 Å². The monoisotopic (exact) mass is 428 g/mol. The van der Waals surface area contributed by atoms with Crippen molar-refractivity contribution in [1.82, 2.24) is 5.32 Å². The number of benzene rings is 2. The summed E-state index contributed by atoms with van der Waals surface area (Å²) < 4.78 is 11.0. The Bertz CT molecular complexity index is 1050. The summed E-state index contributed by atoms with van der Waals surface area (Å²) in [5.74, 6) is -0.481. The second kappa shape index (κ2) is 9.00. The molecule has 1 aliphatic heterocycles. The van der Waals surface area contributed by atoms with Gasteiger partial charge in [-0.3, -0.25) is 14.9 Å². The van der Waals surface area contributed by atoms with Crippen molar-refractivity contribution in [2.24, 2.45) is 0 Å². The van der Waals surface area contributed by atoms with Crippen LogP contribution < -0.4 is 19.7 Å². The second-order valence-electron chi connectivity index (χ2n) is 6.59. The molecule has 0 radical (unpaired) electrons. The van der Waals surface area contributed by atoms with Crippen LogP contribution in [-0.4, -0.2) is 31.6 Å². The molecule has 0 atom stereocenters. The third-order valence-electron chi connectivity index (χ3n) is 4.56. The van der Waals surface area contributed by atoms with E-state index in [0.717, 1.165) is 11.3 Å². The molecule has 0 bridgehead atoms. The van der Waals surface area contributed by atoms with Crippen molar-refractivity contribution >= 4 is 41.2 Å². The lowest BCUT2D eigenvalue weighted by Crippen LogP contribution is -2.54. The maximum Gasteiger partial charge on any atom is 0.335 e. The van der Waals surface area contributed by atoms with Gasteiger partial charge in [-0.2, -0.15) is 0 Å². The Balaban J connectivity index is 2.06. The fraction of sp³-hybridized carbons (Fsp3) is 0.227. The summed E-state index contributed by atoms with van der Waals surface area (Å²) in [6.07, 6.45) is 2.18. The molecule has 8 heteroatoms. The average molecular weight is 429 g/mol. The average Bonchev–Trinajstić information content (AvgIpc) is 2.72. The summed E-state index contributed by atoms with van der Waals surface area (Å²) in [7, 11) is 1.53. The fourth-order valence-electron chi connectivity index (χ4n) is 2.97. The molecule has 1 saturated heterocycles. The van der Waals surface area contributed by atoms with E-state index in [0.29, 0.717) is 39.9 Å². The molecule has 2 aromatic carbocycles. The Hall–Kier alpha value is -3.32. The highest BCUT2D eigenvalue weighted by Gasteiger charge is 2.37. The van der Waals surface area contributed by atoms with E-state index in [2.05, 4.69) is 5.32 Å². The van der Waals surface area contributed by atoms with Gasteiger partial charge in [-0.25, -0.2) is 9.69 Å². The first-order valence-electron chi connectivity index (χ1n) is 9.34. The van der Waals surface area contributed by atoms with Gasteiger partial charge in [-0.1, -0.05) is 24.6 Å². The summed E-state index contributed by atoms with van der Waals surface area (Å²) in [5.41, 5.74) is 1.17. The van der Waals surface area contributed by atoms with Crippen LogP contribution in [0.2, 0.25) is 5.02 Å². The molecule has 30 heavy (non-hydrogen) atoms. The number of nitrogens with one attached hydrogen (secondary N) is 1. The topological polar surface area (TPSA) is 84.9 Å². The predicted octanol–water partition coefficient (Wildman–Crippen LogP) is 4.11. The molecule has 3 rings (SSSR count). The molecule has 0 saturated carbocycles. The van der Waals surface area contributed by atoms with E-state index in [1.54, 1.807) is 43.3 Å². The van der Waals surface area contributed by atoms with Crippen LogP contribution in [0, 0.1) is 6.92 Å². The summed E-state index contributed by atoms with van der Waals surface area (Å²) in [6.45, 7) is 4.11. The van der Waals surface area contributed by atoms with Gasteiger partial charge in [-0.05, 0) is 49.2 Å². The van der Waals surface area contributed by atoms with Gasteiger partial charge in [-0.15, -0.1) is 0 Å². The van der Waals surface area contributed by atoms with Crippen LogP contribution in [-0.2, 0) is 9.59 Å². The van der Waals surface area contributed by atoms with Gasteiger partial charge in [0, 0.05) is 16.7 Å². The van der Waals surface area contributed by atoms with Crippen LogP contribution in [0.4, 0.5) is 10.5 Å². The number of carbonyl (C=O) groups is 3. The number of urea groups is 1. The quantitative estimate of drug-likeness (QED) is 0.552. The van der Waals surface area contributed by atoms with Gasteiger partial charge in [0.05, 0.1) is 19.4 Å². The lowest BCUT2D eigenvalue weighted by molar-refractivity contribution is -0.122. The van der Waals surface area contributed by atoms with Crippen LogP contribution in [0.5, 0.6) is 11.5 Å². The molecule has 0 spiro atoms. The summed E-state index contributed by atoms with van der Waals surface area (Å²) in [6, 6.07) is 9.11. The van der Waals surface area contributed by atoms with Gasteiger partial charge in [0.2, 0.25) is 0 Å². The standard InChI is InChI=1S/C22H21ClN2O5/c1-4-10-30-19-12-15(29-3)9-8-14(19)11-16-20(26)24-22(28)25(21(16)27)18-7-5-6-17(23)13(18)2/h5-9,11-12H,4,10H2,1-3H3,(H,24,26,28)/b16-11+. The first-order chi connectivity index (χ1) is 14.4. The fourth-order valence-corrected chi connectivity index (χ4v) is 3.14. The van der Waals surface area contributed by atoms with Crippen molar-refractivity contribution in [1.29, 1.82) is 0 Å². The van der Waals surface area contributed by atoms with Crippen molar-refractivity contribution in [3.05, 3.63) is 58.1 Å². The van der Waals surface area contributed by atoms with E-state index in [1.807, 2.05) is 6.92 Å². The van der Waals surface area contributed by atoms with E-state index in [4.69, 9.17) is 21.1 Å². The number of hydrogen-bond acceptors (Lipinski definition) is 5. The number of anilines is 1. The zero-order valence-corrected chi connectivity index (χ0v) is 17.6. The van der Waals surface area contributed by atoms with Gasteiger partial charge in [0.25, 0.3) is 11.8 Å². The van der Waals surface area contributed by atoms with Crippen molar-refractivity contribution < 1.29 is 23.9 Å². The Morgan fingerprint density at radius 1 is 1.17 bits per heavy atom. The number of halogens is 1. The number of imide groups is 2. The van der Waals surface area contributed by atoms with Crippen LogP contribution in [0.1, 0.15) is 24.5 Å². The van der Waals surface area contributed by atoms with E-state index >= 15 is 0 Å². The largest absolute Gasteiger partial charge is 0.497 e. The minimum atomic E-state index is -0.829. The molecule has 7 nitrogen and oxygen atoms in total. The van der Waals surface area contributed by atoms with E-state index in [1.165, 1.54) is 13.2 Å². The number of carbonyl (C=O) groups excluding carboxylic acids is 3. The molecule has 156 valence electrons. The molecule has 1 fully saturated rings. The molecule has 2 aromatic rings. The SMILES string of the molecule is CCCOc1cc(OC)ccc1/C=C1\C(=O)NC(=O)N(c2cccc(Cl)c2C)C1=O. The van der Waals surface area contributed by atoms with Crippen LogP contribution in [0.25, 0.3) is 6.08 Å². The molecule has 1 aliphatic rings. The number of barbiturate groups is 1. The first-order valence-corrected chi connectivity index (χ1v) is 9.72. The second-order valence-corrected chi connectivity index (χ2v) is 7.00. The molecular formula is C22H21ClN2O5. The highest BCUT2D eigenvalue weighted by molar-refractivity contribution is 6.40. The molecule has 0 aliphatic carbocycles. The maximum atomic E-state index is 13.1. The molecular weight excluding hydrogens is 408 g/mol. The number of methoxy groups -OCH3 is 1.